The lowest BCUT2D eigenvalue weighted by molar-refractivity contribution is -0.870. The van der Waals surface area contributed by atoms with Crippen molar-refractivity contribution in [2.24, 2.45) is 0 Å². The molecule has 9 nitrogen and oxygen atoms in total. The number of nitrogens with one attached hydrogen (secondary N) is 1. The highest BCUT2D eigenvalue weighted by Gasteiger charge is 2.27. The van der Waals surface area contributed by atoms with E-state index in [9.17, 15) is 19.0 Å². The van der Waals surface area contributed by atoms with Gasteiger partial charge in [-0.1, -0.05) is 288 Å². The Morgan fingerprint density at radius 2 is 0.719 bits per heavy atom. The zero-order chi connectivity index (χ0) is 64.9. The van der Waals surface area contributed by atoms with Crippen LogP contribution in [0.4, 0.5) is 0 Å². The van der Waals surface area contributed by atoms with Crippen LogP contribution in [0.15, 0.2) is 158 Å². The monoisotopic (exact) mass is 1250 g/mol. The maximum atomic E-state index is 13.6. The van der Waals surface area contributed by atoms with E-state index in [1.54, 1.807) is 0 Å². The van der Waals surface area contributed by atoms with Crippen LogP contribution in [-0.4, -0.2) is 69.4 Å². The van der Waals surface area contributed by atoms with Crippen LogP contribution in [0.1, 0.15) is 278 Å². The highest BCUT2D eigenvalue weighted by Crippen LogP contribution is 2.38. The Bertz CT molecular complexity index is 2080. The summed E-state index contributed by atoms with van der Waals surface area (Å²) < 4.78 is 30.4. The SMILES string of the molecule is CC/C=C\C/C=C\C/C=C\C/C=C\C/C=C\C/C=C\CCCCCCCCCCC(=O)NC(COP(=O)([O-])OCC[N+](C)(C)C)C(/C=C/CCCCCCCCCCC)OC(=O)CCCCCCCC/C=C\C/C=C\C/C=C\C/C=C\C/C=C\C/C=C\CC. The van der Waals surface area contributed by atoms with Gasteiger partial charge in [0.05, 0.1) is 33.8 Å². The lowest BCUT2D eigenvalue weighted by atomic mass is 10.0. The average Bonchev–Trinajstić information content (AvgIpc) is 3.70. The van der Waals surface area contributed by atoms with Crippen molar-refractivity contribution in [3.8, 4) is 0 Å². The van der Waals surface area contributed by atoms with Gasteiger partial charge in [0.15, 0.2) is 0 Å². The van der Waals surface area contributed by atoms with Gasteiger partial charge in [0.1, 0.15) is 19.3 Å². The quantitative estimate of drug-likeness (QED) is 0.0212. The zero-order valence-electron chi connectivity index (χ0n) is 57.8. The molecular formula is C79H133N2O7P. The number of carbonyl (C=O) groups is 2. The molecule has 0 heterocycles. The van der Waals surface area contributed by atoms with Gasteiger partial charge in [-0.3, -0.25) is 14.2 Å². The minimum absolute atomic E-state index is 0.0356. The molecule has 0 aliphatic rings. The number of allylic oxidation sites excluding steroid dienone is 25. The largest absolute Gasteiger partial charge is 0.756 e. The Hall–Kier alpha value is -4.37. The first kappa shape index (κ1) is 84.6. The van der Waals surface area contributed by atoms with Gasteiger partial charge in [-0.05, 0) is 134 Å². The molecule has 1 N–H and O–H groups in total. The number of rotatable bonds is 63. The second-order valence-electron chi connectivity index (χ2n) is 24.6. The molecule has 0 saturated carbocycles. The van der Waals surface area contributed by atoms with Gasteiger partial charge in [-0.15, -0.1) is 0 Å². The Kier molecular flexibility index (Phi) is 63.3. The minimum atomic E-state index is -4.72. The summed E-state index contributed by atoms with van der Waals surface area (Å²) in [5, 5.41) is 3.03. The third-order valence-corrected chi connectivity index (χ3v) is 15.9. The highest BCUT2D eigenvalue weighted by atomic mass is 31.2. The van der Waals surface area contributed by atoms with Crippen molar-refractivity contribution in [3.05, 3.63) is 158 Å². The number of unbranched alkanes of at least 4 members (excludes halogenated alkanes) is 23. The lowest BCUT2D eigenvalue weighted by Crippen LogP contribution is -2.47. The number of likely N-dealkylation sites (N-methyl/N-ethyl adjacent to an activating group) is 1. The number of phosphoric acid groups is 1. The highest BCUT2D eigenvalue weighted by molar-refractivity contribution is 7.45. The van der Waals surface area contributed by atoms with Gasteiger partial charge in [0.25, 0.3) is 7.82 Å². The zero-order valence-corrected chi connectivity index (χ0v) is 58.7. The molecule has 0 aromatic heterocycles. The molecule has 0 saturated heterocycles. The molecule has 89 heavy (non-hydrogen) atoms. The van der Waals surface area contributed by atoms with Gasteiger partial charge < -0.3 is 28.5 Å². The van der Waals surface area contributed by atoms with Crippen LogP contribution >= 0.6 is 7.82 Å². The molecule has 10 heteroatoms. The number of quaternary nitrogens is 1. The molecule has 0 rings (SSSR count). The lowest BCUT2D eigenvalue weighted by Gasteiger charge is -2.30. The molecule has 506 valence electrons. The van der Waals surface area contributed by atoms with Crippen LogP contribution in [0.3, 0.4) is 0 Å². The number of hydrogen-bond acceptors (Lipinski definition) is 7. The van der Waals surface area contributed by atoms with Crippen LogP contribution in [0, 0.1) is 0 Å². The number of nitrogens with zero attached hydrogens (tertiary/aromatic N) is 1. The number of carbonyl (C=O) groups excluding carboxylic acids is 2. The minimum Gasteiger partial charge on any atom is -0.756 e. The van der Waals surface area contributed by atoms with E-state index < -0.39 is 26.6 Å². The summed E-state index contributed by atoms with van der Waals surface area (Å²) >= 11 is 0. The third kappa shape index (κ3) is 67.8. The van der Waals surface area contributed by atoms with E-state index in [0.29, 0.717) is 23.9 Å². The van der Waals surface area contributed by atoms with E-state index in [1.807, 2.05) is 33.3 Å². The summed E-state index contributed by atoms with van der Waals surface area (Å²) in [6, 6.07) is -0.913. The summed E-state index contributed by atoms with van der Waals surface area (Å²) in [7, 11) is 1.15. The first-order valence-corrected chi connectivity index (χ1v) is 37.3. The van der Waals surface area contributed by atoms with Crippen molar-refractivity contribution in [2.75, 3.05) is 40.9 Å². The molecule has 1 amide bonds. The average molecular weight is 1250 g/mol. The van der Waals surface area contributed by atoms with E-state index in [-0.39, 0.29) is 24.9 Å². The van der Waals surface area contributed by atoms with Crippen LogP contribution in [0.25, 0.3) is 0 Å². The van der Waals surface area contributed by atoms with Gasteiger partial charge >= 0.3 is 5.97 Å². The number of hydrogen-bond donors (Lipinski definition) is 1. The number of esters is 1. The predicted molar refractivity (Wildman–Crippen MR) is 385 cm³/mol. The molecule has 0 bridgehead atoms. The summed E-state index contributed by atoms with van der Waals surface area (Å²) in [6.45, 7) is 6.58. The second kappa shape index (κ2) is 66.5. The molecule has 3 atom stereocenters. The van der Waals surface area contributed by atoms with Crippen LogP contribution in [0.5, 0.6) is 0 Å². The third-order valence-electron chi connectivity index (χ3n) is 15.0. The molecule has 0 aliphatic carbocycles. The van der Waals surface area contributed by atoms with Gasteiger partial charge in [0, 0.05) is 12.8 Å². The summed E-state index contributed by atoms with van der Waals surface area (Å²) in [5.74, 6) is -0.577. The fourth-order valence-electron chi connectivity index (χ4n) is 9.53. The van der Waals surface area contributed by atoms with E-state index >= 15 is 0 Å². The smallest absolute Gasteiger partial charge is 0.306 e. The molecule has 0 fully saturated rings. The topological polar surface area (TPSA) is 114 Å². The normalized spacial score (nSPS) is 14.5. The molecule has 0 radical (unpaired) electrons. The fraction of sp³-hybridized carbons (Fsp3) is 0.646. The van der Waals surface area contributed by atoms with Gasteiger partial charge in [-0.25, -0.2) is 0 Å². The van der Waals surface area contributed by atoms with Crippen LogP contribution in [0.2, 0.25) is 0 Å². The van der Waals surface area contributed by atoms with Crippen LogP contribution in [-0.2, 0) is 27.9 Å². The fourth-order valence-corrected chi connectivity index (χ4v) is 10.3. The van der Waals surface area contributed by atoms with Crippen molar-refractivity contribution >= 4 is 19.7 Å². The van der Waals surface area contributed by atoms with Gasteiger partial charge in [-0.2, -0.15) is 0 Å². The van der Waals surface area contributed by atoms with Gasteiger partial charge in [0.2, 0.25) is 5.91 Å². The first-order valence-electron chi connectivity index (χ1n) is 35.8. The van der Waals surface area contributed by atoms with Crippen molar-refractivity contribution in [2.45, 2.75) is 290 Å². The Morgan fingerprint density at radius 3 is 1.08 bits per heavy atom. The standard InChI is InChI=1S/C79H133N2O7P/c1-7-10-13-16-19-22-25-27-29-31-33-35-37-39-40-42-43-45-47-49-51-53-56-59-62-65-68-71-78(82)80-76(75-87-89(84,85)86-74-73-81(4,5)6)77(70-67-64-61-58-55-24-21-18-15-12-9-3)88-79(83)72-69-66-63-60-57-54-52-50-48-46-44-41-38-36-34-32-30-28-26-23-20-17-14-11-8-2/h10-11,13-14,19-20,22-23,27-30,33-36,39-41,43-45,48,50,67,70,76-77H,7-9,12,15-18,21,24-26,31-32,37-38,42,46-47,49,51-66,68-69,71-75H2,1-6H3,(H-,80,82,84,85)/b13-10-,14-11-,22-19-,23-20-,29-27-,30-28-,35-33-,36-34-,40-39-,44-41-,45-43-,50-48-,70-67+. The van der Waals surface area contributed by atoms with Crippen molar-refractivity contribution in [1.29, 1.82) is 0 Å². The van der Waals surface area contributed by atoms with Crippen molar-refractivity contribution in [3.63, 3.8) is 0 Å². The second-order valence-corrected chi connectivity index (χ2v) is 26.0. The van der Waals surface area contributed by atoms with E-state index in [0.717, 1.165) is 167 Å². The van der Waals surface area contributed by atoms with Crippen LogP contribution < -0.4 is 10.2 Å². The summed E-state index contributed by atoms with van der Waals surface area (Å²) in [5.41, 5.74) is 0. The Morgan fingerprint density at radius 1 is 0.404 bits per heavy atom. The Labute approximate surface area is 548 Å². The summed E-state index contributed by atoms with van der Waals surface area (Å²) in [6.07, 6.45) is 97.9. The van der Waals surface area contributed by atoms with Crippen molar-refractivity contribution < 1.29 is 37.3 Å². The number of ether oxygens (including phenoxy) is 1. The molecular weight excluding hydrogens is 1120 g/mol. The summed E-state index contributed by atoms with van der Waals surface area (Å²) in [4.78, 5) is 40.2. The Balaban J connectivity index is 5.10. The maximum absolute atomic E-state index is 13.6. The molecule has 0 aromatic carbocycles. The maximum Gasteiger partial charge on any atom is 0.306 e. The van der Waals surface area contributed by atoms with Crippen molar-refractivity contribution in [1.82, 2.24) is 5.32 Å². The van der Waals surface area contributed by atoms with E-state index in [4.69, 9.17) is 13.8 Å². The molecule has 0 aromatic rings. The predicted octanol–water partition coefficient (Wildman–Crippen LogP) is 22.5. The molecule has 3 unspecified atom stereocenters. The molecule has 0 aliphatic heterocycles. The van der Waals surface area contributed by atoms with E-state index in [1.165, 1.54) is 70.6 Å². The first-order chi connectivity index (χ1) is 43.4. The number of phosphoric ester groups is 1. The number of amides is 1. The van der Waals surface area contributed by atoms with E-state index in [2.05, 4.69) is 172 Å². The molecule has 0 spiro atoms.